The lowest BCUT2D eigenvalue weighted by molar-refractivity contribution is -0.125. The maximum atomic E-state index is 13.5. The molecule has 2 amide bonds. The number of nitrogens with zero attached hydrogens (tertiary/aromatic N) is 1. The van der Waals surface area contributed by atoms with Crippen LogP contribution in [0.1, 0.15) is 61.5 Å². The van der Waals surface area contributed by atoms with E-state index < -0.39 is 6.04 Å². The topological polar surface area (TPSA) is 58.6 Å². The van der Waals surface area contributed by atoms with Gasteiger partial charge in [0.05, 0.1) is 7.11 Å². The normalized spacial score (nSPS) is 18.9. The van der Waals surface area contributed by atoms with Gasteiger partial charge in [0, 0.05) is 17.4 Å². The Hall–Kier alpha value is -2.47. The summed E-state index contributed by atoms with van der Waals surface area (Å²) in [7, 11) is 1.59. The van der Waals surface area contributed by atoms with Crippen molar-refractivity contribution in [2.75, 3.05) is 12.9 Å². The molecule has 2 aromatic carbocycles. The summed E-state index contributed by atoms with van der Waals surface area (Å²) in [5, 5.41) is 2.76. The third-order valence-electron chi connectivity index (χ3n) is 5.37. The molecule has 2 atom stereocenters. The van der Waals surface area contributed by atoms with E-state index >= 15 is 0 Å². The predicted molar refractivity (Wildman–Crippen MR) is 127 cm³/mol. The number of carbonyl (C=O) groups is 2. The fourth-order valence-electron chi connectivity index (χ4n) is 3.62. The number of hydrogen-bond acceptors (Lipinski definition) is 4. The first kappa shape index (κ1) is 23.2. The van der Waals surface area contributed by atoms with Gasteiger partial charge in [0.15, 0.2) is 0 Å². The van der Waals surface area contributed by atoms with Crippen LogP contribution in [0.15, 0.2) is 48.5 Å². The highest BCUT2D eigenvalue weighted by molar-refractivity contribution is 7.99. The number of rotatable bonds is 5. The molecule has 0 aromatic heterocycles. The zero-order chi connectivity index (χ0) is 22.8. The second kappa shape index (κ2) is 9.35. The molecule has 0 spiro atoms. The minimum atomic E-state index is -0.519. The summed E-state index contributed by atoms with van der Waals surface area (Å²) in [5.41, 5.74) is 2.86. The Kier molecular flexibility index (Phi) is 6.99. The van der Waals surface area contributed by atoms with E-state index in [1.165, 1.54) is 5.56 Å². The predicted octanol–water partition coefficient (Wildman–Crippen LogP) is 4.77. The molecule has 1 fully saturated rings. The summed E-state index contributed by atoms with van der Waals surface area (Å²) in [6.07, 6.45) is 0. The van der Waals surface area contributed by atoms with Crippen LogP contribution in [0.3, 0.4) is 0 Å². The lowest BCUT2D eigenvalue weighted by atomic mass is 9.86. The van der Waals surface area contributed by atoms with Gasteiger partial charge in [-0.3, -0.25) is 9.59 Å². The van der Waals surface area contributed by atoms with E-state index in [0.717, 1.165) is 5.56 Å². The standard InChI is InChI=1S/C25H32N2O3S/c1-16(2)26-22(28)21-15-31-24(18-7-11-19(12-8-18)25(3,4)5)27(21)23(29)17-9-13-20(30-6)14-10-17/h7-14,16,21,24H,15H2,1-6H3,(H,26,28). The zero-order valence-corrected chi connectivity index (χ0v) is 20.0. The molecule has 1 aliphatic rings. The summed E-state index contributed by atoms with van der Waals surface area (Å²) in [4.78, 5) is 28.2. The number of ether oxygens (including phenoxy) is 1. The van der Waals surface area contributed by atoms with Crippen LogP contribution in [0.25, 0.3) is 0 Å². The number of amides is 2. The molecule has 1 heterocycles. The van der Waals surface area contributed by atoms with Crippen LogP contribution < -0.4 is 10.1 Å². The van der Waals surface area contributed by atoms with Crippen LogP contribution in [0, 0.1) is 0 Å². The smallest absolute Gasteiger partial charge is 0.255 e. The van der Waals surface area contributed by atoms with E-state index in [9.17, 15) is 9.59 Å². The SMILES string of the molecule is COc1ccc(C(=O)N2C(C(=O)NC(C)C)CSC2c2ccc(C(C)(C)C)cc2)cc1. The second-order valence-corrected chi connectivity index (χ2v) is 10.3. The highest BCUT2D eigenvalue weighted by Gasteiger charge is 2.42. The Morgan fingerprint density at radius 1 is 1.06 bits per heavy atom. The molecule has 1 aliphatic heterocycles. The highest BCUT2D eigenvalue weighted by atomic mass is 32.2. The van der Waals surface area contributed by atoms with Gasteiger partial charge in [-0.2, -0.15) is 0 Å². The highest BCUT2D eigenvalue weighted by Crippen LogP contribution is 2.43. The van der Waals surface area contributed by atoms with E-state index in [-0.39, 0.29) is 28.6 Å². The molecule has 0 radical (unpaired) electrons. The first-order valence-corrected chi connectivity index (χ1v) is 11.7. The van der Waals surface area contributed by atoms with Crippen molar-refractivity contribution in [1.29, 1.82) is 0 Å². The second-order valence-electron chi connectivity index (χ2n) is 9.18. The lowest BCUT2D eigenvalue weighted by Crippen LogP contribution is -2.49. The summed E-state index contributed by atoms with van der Waals surface area (Å²) in [5.74, 6) is 0.988. The van der Waals surface area contributed by atoms with E-state index in [4.69, 9.17) is 4.74 Å². The Bertz CT molecular complexity index is 917. The van der Waals surface area contributed by atoms with Gasteiger partial charge in [0.1, 0.15) is 17.2 Å². The Morgan fingerprint density at radius 2 is 1.68 bits per heavy atom. The average molecular weight is 441 g/mol. The third kappa shape index (κ3) is 5.24. The van der Waals surface area contributed by atoms with Gasteiger partial charge in [-0.1, -0.05) is 45.0 Å². The first-order chi connectivity index (χ1) is 14.6. The first-order valence-electron chi connectivity index (χ1n) is 10.6. The number of methoxy groups -OCH3 is 1. The van der Waals surface area contributed by atoms with E-state index in [2.05, 4.69) is 50.4 Å². The van der Waals surface area contributed by atoms with Gasteiger partial charge in [-0.15, -0.1) is 11.8 Å². The largest absolute Gasteiger partial charge is 0.497 e. The van der Waals surface area contributed by atoms with E-state index in [1.54, 1.807) is 48.0 Å². The minimum Gasteiger partial charge on any atom is -0.497 e. The molecule has 0 aliphatic carbocycles. The van der Waals surface area contributed by atoms with Crippen molar-refractivity contribution in [3.63, 3.8) is 0 Å². The molecule has 6 heteroatoms. The Morgan fingerprint density at radius 3 is 2.19 bits per heavy atom. The molecule has 0 saturated carbocycles. The van der Waals surface area contributed by atoms with Crippen molar-refractivity contribution >= 4 is 23.6 Å². The summed E-state index contributed by atoms with van der Waals surface area (Å²) >= 11 is 1.63. The molecule has 3 rings (SSSR count). The maximum absolute atomic E-state index is 13.5. The van der Waals surface area contributed by atoms with E-state index in [0.29, 0.717) is 17.1 Å². The van der Waals surface area contributed by atoms with Gasteiger partial charge < -0.3 is 15.0 Å². The number of carbonyl (C=O) groups excluding carboxylic acids is 2. The zero-order valence-electron chi connectivity index (χ0n) is 19.1. The van der Waals surface area contributed by atoms with Gasteiger partial charge >= 0.3 is 0 Å². The molecule has 31 heavy (non-hydrogen) atoms. The lowest BCUT2D eigenvalue weighted by Gasteiger charge is -2.30. The fourth-order valence-corrected chi connectivity index (χ4v) is 5.05. The Balaban J connectivity index is 1.95. The van der Waals surface area contributed by atoms with Crippen molar-refractivity contribution < 1.29 is 14.3 Å². The van der Waals surface area contributed by atoms with Crippen LogP contribution in [-0.4, -0.2) is 41.7 Å². The van der Waals surface area contributed by atoms with Crippen molar-refractivity contribution in [3.8, 4) is 5.75 Å². The molecule has 0 bridgehead atoms. The van der Waals surface area contributed by atoms with Gasteiger partial charge in [0.2, 0.25) is 5.91 Å². The number of benzene rings is 2. The molecule has 5 nitrogen and oxygen atoms in total. The molecule has 1 N–H and O–H groups in total. The molecule has 2 unspecified atom stereocenters. The molecular formula is C25H32N2O3S. The fraction of sp³-hybridized carbons (Fsp3) is 0.440. The average Bonchev–Trinajstić information content (AvgIpc) is 3.17. The third-order valence-corrected chi connectivity index (χ3v) is 6.69. The molecule has 166 valence electrons. The number of nitrogens with one attached hydrogen (secondary N) is 1. The van der Waals surface area contributed by atoms with Gasteiger partial charge in [-0.05, 0) is 54.7 Å². The van der Waals surface area contributed by atoms with Crippen molar-refractivity contribution in [1.82, 2.24) is 10.2 Å². The van der Waals surface area contributed by atoms with Crippen molar-refractivity contribution in [2.45, 2.75) is 57.5 Å². The molecule has 2 aromatic rings. The monoisotopic (exact) mass is 440 g/mol. The van der Waals surface area contributed by atoms with Gasteiger partial charge in [0.25, 0.3) is 5.91 Å². The number of thioether (sulfide) groups is 1. The van der Waals surface area contributed by atoms with E-state index in [1.807, 2.05) is 13.8 Å². The summed E-state index contributed by atoms with van der Waals surface area (Å²) < 4.78 is 5.21. The maximum Gasteiger partial charge on any atom is 0.255 e. The number of hydrogen-bond donors (Lipinski definition) is 1. The van der Waals surface area contributed by atoms with Crippen molar-refractivity contribution in [3.05, 3.63) is 65.2 Å². The summed E-state index contributed by atoms with van der Waals surface area (Å²) in [6, 6.07) is 14.9. The summed E-state index contributed by atoms with van der Waals surface area (Å²) in [6.45, 7) is 10.4. The minimum absolute atomic E-state index is 0.0144. The molecular weight excluding hydrogens is 408 g/mol. The van der Waals surface area contributed by atoms with Crippen LogP contribution in [0.2, 0.25) is 0 Å². The van der Waals surface area contributed by atoms with Gasteiger partial charge in [-0.25, -0.2) is 0 Å². The van der Waals surface area contributed by atoms with Crippen molar-refractivity contribution in [2.24, 2.45) is 0 Å². The van der Waals surface area contributed by atoms with Crippen LogP contribution >= 0.6 is 11.8 Å². The molecule has 1 saturated heterocycles. The Labute approximate surface area is 189 Å². The van der Waals surface area contributed by atoms with Crippen LogP contribution in [-0.2, 0) is 10.2 Å². The van der Waals surface area contributed by atoms with Crippen LogP contribution in [0.5, 0.6) is 5.75 Å². The van der Waals surface area contributed by atoms with Crippen LogP contribution in [0.4, 0.5) is 0 Å². The quantitative estimate of drug-likeness (QED) is 0.727.